The summed E-state index contributed by atoms with van der Waals surface area (Å²) in [4.78, 5) is 10.8. The number of rotatable bonds is 4. The summed E-state index contributed by atoms with van der Waals surface area (Å²) in [6, 6.07) is 2.72. The summed E-state index contributed by atoms with van der Waals surface area (Å²) < 4.78 is 26.1. The first-order chi connectivity index (χ1) is 8.45. The van der Waals surface area contributed by atoms with E-state index in [9.17, 15) is 13.2 Å². The van der Waals surface area contributed by atoms with Gasteiger partial charge in [0.2, 0.25) is 0 Å². The van der Waals surface area contributed by atoms with E-state index in [2.05, 4.69) is 6.92 Å². The fraction of sp³-hybridized carbons (Fsp3) is 0.545. The fourth-order valence-corrected chi connectivity index (χ4v) is 4.88. The molecule has 1 fully saturated rings. The van der Waals surface area contributed by atoms with Crippen LogP contribution in [0.5, 0.6) is 0 Å². The van der Waals surface area contributed by atoms with E-state index in [1.807, 2.05) is 0 Å². The zero-order valence-electron chi connectivity index (χ0n) is 10.00. The van der Waals surface area contributed by atoms with Crippen molar-refractivity contribution in [3.63, 3.8) is 0 Å². The van der Waals surface area contributed by atoms with E-state index in [0.717, 1.165) is 24.2 Å². The Morgan fingerprint density at radius 1 is 1.56 bits per heavy atom. The predicted octanol–water partition coefficient (Wildman–Crippen LogP) is 1.87. The van der Waals surface area contributed by atoms with Gasteiger partial charge in [-0.15, -0.1) is 11.3 Å². The second-order valence-electron chi connectivity index (χ2n) is 4.35. The number of carbonyl (C=O) groups is 1. The molecule has 5 nitrogen and oxygen atoms in total. The number of thiophene rings is 1. The van der Waals surface area contributed by atoms with Crippen molar-refractivity contribution < 1.29 is 18.3 Å². The Morgan fingerprint density at radius 2 is 2.28 bits per heavy atom. The number of nitrogens with zero attached hydrogens (tertiary/aromatic N) is 1. The molecule has 100 valence electrons. The molecule has 2 heterocycles. The molecule has 0 radical (unpaired) electrons. The van der Waals surface area contributed by atoms with Gasteiger partial charge in [0.1, 0.15) is 9.09 Å². The van der Waals surface area contributed by atoms with Crippen molar-refractivity contribution in [1.82, 2.24) is 4.31 Å². The summed E-state index contributed by atoms with van der Waals surface area (Å²) in [5.74, 6) is -0.673. The minimum absolute atomic E-state index is 0.0554. The van der Waals surface area contributed by atoms with Crippen molar-refractivity contribution in [3.05, 3.63) is 17.0 Å². The Morgan fingerprint density at radius 3 is 2.78 bits per heavy atom. The molecule has 7 heteroatoms. The molecule has 1 atom stereocenters. The third kappa shape index (κ3) is 2.43. The lowest BCUT2D eigenvalue weighted by Gasteiger charge is -2.14. The monoisotopic (exact) mass is 289 g/mol. The van der Waals surface area contributed by atoms with Crippen LogP contribution in [0.15, 0.2) is 16.3 Å². The molecule has 0 amide bonds. The van der Waals surface area contributed by atoms with E-state index >= 15 is 0 Å². The molecule has 18 heavy (non-hydrogen) atoms. The van der Waals surface area contributed by atoms with Gasteiger partial charge in [0.15, 0.2) is 0 Å². The highest BCUT2D eigenvalue weighted by Gasteiger charge is 2.32. The highest BCUT2D eigenvalue weighted by molar-refractivity contribution is 7.91. The third-order valence-corrected chi connectivity index (χ3v) is 6.62. The van der Waals surface area contributed by atoms with Crippen LogP contribution >= 0.6 is 11.3 Å². The van der Waals surface area contributed by atoms with Crippen LogP contribution in [-0.4, -0.2) is 36.9 Å². The van der Waals surface area contributed by atoms with Gasteiger partial charge in [-0.3, -0.25) is 0 Å². The van der Waals surface area contributed by atoms with Gasteiger partial charge in [-0.2, -0.15) is 4.31 Å². The number of hydrogen-bond donors (Lipinski definition) is 1. The lowest BCUT2D eigenvalue weighted by molar-refractivity contribution is 0.0702. The number of carboxylic acids is 1. The Labute approximate surface area is 110 Å². The van der Waals surface area contributed by atoms with Gasteiger partial charge in [0, 0.05) is 13.1 Å². The topological polar surface area (TPSA) is 74.7 Å². The summed E-state index contributed by atoms with van der Waals surface area (Å²) >= 11 is 0.814. The maximum Gasteiger partial charge on any atom is 0.345 e. The molecule has 0 spiro atoms. The Bertz CT molecular complexity index is 549. The molecular formula is C11H15NO4S2. The van der Waals surface area contributed by atoms with Crippen LogP contribution in [0.1, 0.15) is 29.4 Å². The lowest BCUT2D eigenvalue weighted by atomic mass is 10.1. The van der Waals surface area contributed by atoms with Crippen molar-refractivity contribution in [1.29, 1.82) is 0 Å². The molecule has 1 unspecified atom stereocenters. The van der Waals surface area contributed by atoms with E-state index in [0.29, 0.717) is 19.0 Å². The second-order valence-corrected chi connectivity index (χ2v) is 7.60. The summed E-state index contributed by atoms with van der Waals surface area (Å²) in [5.41, 5.74) is 0. The number of hydrogen-bond acceptors (Lipinski definition) is 4. The maximum atomic E-state index is 12.3. The summed E-state index contributed by atoms with van der Waals surface area (Å²) in [5, 5.41) is 8.81. The number of sulfonamides is 1. The van der Waals surface area contributed by atoms with Gasteiger partial charge in [-0.1, -0.05) is 13.3 Å². The zero-order chi connectivity index (χ0) is 13.3. The van der Waals surface area contributed by atoms with Crippen LogP contribution < -0.4 is 0 Å². The van der Waals surface area contributed by atoms with Gasteiger partial charge >= 0.3 is 5.97 Å². The zero-order valence-corrected chi connectivity index (χ0v) is 11.6. The van der Waals surface area contributed by atoms with Crippen molar-refractivity contribution in [2.24, 2.45) is 5.92 Å². The van der Waals surface area contributed by atoms with Crippen molar-refractivity contribution in [3.8, 4) is 0 Å². The average molecular weight is 289 g/mol. The van der Waals surface area contributed by atoms with E-state index in [1.165, 1.54) is 16.4 Å². The quantitative estimate of drug-likeness (QED) is 0.918. The largest absolute Gasteiger partial charge is 0.477 e. The van der Waals surface area contributed by atoms with E-state index < -0.39 is 16.0 Å². The molecule has 0 saturated carbocycles. The van der Waals surface area contributed by atoms with Gasteiger partial charge in [-0.05, 0) is 24.5 Å². The van der Waals surface area contributed by atoms with Crippen LogP contribution in [0, 0.1) is 5.92 Å². The van der Waals surface area contributed by atoms with E-state index in [4.69, 9.17) is 5.11 Å². The van der Waals surface area contributed by atoms with Crippen LogP contribution in [0.25, 0.3) is 0 Å². The van der Waals surface area contributed by atoms with Gasteiger partial charge in [0.05, 0.1) is 0 Å². The number of carboxylic acid groups (broad SMARTS) is 1. The molecule has 2 rings (SSSR count). The van der Waals surface area contributed by atoms with Crippen molar-refractivity contribution in [2.45, 2.75) is 24.0 Å². The highest BCUT2D eigenvalue weighted by atomic mass is 32.2. The molecular weight excluding hydrogens is 274 g/mol. The van der Waals surface area contributed by atoms with E-state index in [-0.39, 0.29) is 9.09 Å². The first-order valence-electron chi connectivity index (χ1n) is 5.78. The standard InChI is InChI=1S/C11H15NO4S2/c1-2-8-5-6-12(7-8)18(15,16)10-4-3-9(17-10)11(13)14/h3-4,8H,2,5-7H2,1H3,(H,13,14). The van der Waals surface area contributed by atoms with Gasteiger partial charge < -0.3 is 5.11 Å². The molecule has 1 aliphatic heterocycles. The molecule has 1 aromatic heterocycles. The molecule has 0 aromatic carbocycles. The van der Waals surface area contributed by atoms with Crippen LogP contribution in [-0.2, 0) is 10.0 Å². The normalized spacial score (nSPS) is 21.3. The smallest absolute Gasteiger partial charge is 0.345 e. The molecule has 1 N–H and O–H groups in total. The first-order valence-corrected chi connectivity index (χ1v) is 8.04. The van der Waals surface area contributed by atoms with Gasteiger partial charge in [-0.25, -0.2) is 13.2 Å². The van der Waals surface area contributed by atoms with Crippen molar-refractivity contribution >= 4 is 27.3 Å². The Balaban J connectivity index is 2.23. The fourth-order valence-electron chi connectivity index (χ4n) is 2.05. The SMILES string of the molecule is CCC1CCN(S(=O)(=O)c2ccc(C(=O)O)s2)C1. The van der Waals surface area contributed by atoms with Crippen LogP contribution in [0.2, 0.25) is 0 Å². The number of aromatic carboxylic acids is 1. The summed E-state index contributed by atoms with van der Waals surface area (Å²) in [7, 11) is -3.51. The minimum atomic E-state index is -3.51. The van der Waals surface area contributed by atoms with Crippen LogP contribution in [0.3, 0.4) is 0 Å². The predicted molar refractivity (Wildman–Crippen MR) is 68.4 cm³/mol. The second kappa shape index (κ2) is 4.99. The third-order valence-electron chi connectivity index (χ3n) is 3.21. The molecule has 1 saturated heterocycles. The molecule has 1 aliphatic rings. The maximum absolute atomic E-state index is 12.3. The highest BCUT2D eigenvalue weighted by Crippen LogP contribution is 2.29. The average Bonchev–Trinajstić information content (AvgIpc) is 2.98. The van der Waals surface area contributed by atoms with Gasteiger partial charge in [0.25, 0.3) is 10.0 Å². The Hall–Kier alpha value is -0.920. The molecule has 1 aromatic rings. The molecule has 0 aliphatic carbocycles. The van der Waals surface area contributed by atoms with E-state index in [1.54, 1.807) is 0 Å². The summed E-state index contributed by atoms with van der Waals surface area (Å²) in [6.45, 7) is 3.12. The minimum Gasteiger partial charge on any atom is -0.477 e. The molecule has 0 bridgehead atoms. The summed E-state index contributed by atoms with van der Waals surface area (Å²) in [6.07, 6.45) is 1.85. The van der Waals surface area contributed by atoms with Crippen molar-refractivity contribution in [2.75, 3.05) is 13.1 Å². The van der Waals surface area contributed by atoms with Crippen LogP contribution in [0.4, 0.5) is 0 Å². The Kier molecular flexibility index (Phi) is 3.74. The lowest BCUT2D eigenvalue weighted by Crippen LogP contribution is -2.28. The first kappa shape index (κ1) is 13.5.